The summed E-state index contributed by atoms with van der Waals surface area (Å²) in [6.07, 6.45) is -1.83. The van der Waals surface area contributed by atoms with Crippen LogP contribution in [0.5, 0.6) is 0 Å². The fourth-order valence-corrected chi connectivity index (χ4v) is 0. The molecule has 2 N–H and O–H groups in total. The summed E-state index contributed by atoms with van der Waals surface area (Å²) in [5.41, 5.74) is 0. The van der Waals surface area contributed by atoms with Crippen molar-refractivity contribution in [2.75, 3.05) is 0 Å². The van der Waals surface area contributed by atoms with E-state index in [4.69, 9.17) is 15.0 Å². The van der Waals surface area contributed by atoms with Crippen LogP contribution < -0.4 is 0 Å². The first kappa shape index (κ1) is 31.5. The number of hydrogen-bond acceptors (Lipinski definition) is 1. The average Bonchev–Trinajstić information content (AvgIpc) is 0.811. The molecule has 0 saturated heterocycles. The molecule has 0 amide bonds. The number of hydrogen-bond donors (Lipinski definition) is 2. The van der Waals surface area contributed by atoms with Crippen molar-refractivity contribution in [2.24, 2.45) is 0 Å². The van der Waals surface area contributed by atoms with E-state index in [9.17, 15) is 0 Å². The number of carboxylic acid groups (broad SMARTS) is 2. The second-order valence-electron chi connectivity index (χ2n) is 0.283. The first-order valence-corrected chi connectivity index (χ1v) is 0.651. The molecule has 0 rings (SSSR count). The van der Waals surface area contributed by atoms with E-state index in [1.54, 1.807) is 0 Å². The monoisotopic (exact) mass is 368 g/mol. The Morgan fingerprint density at radius 3 is 1.00 bits per heavy atom. The van der Waals surface area contributed by atoms with Gasteiger partial charge in [-0.05, 0) is 0 Å². The van der Waals surface area contributed by atoms with Gasteiger partial charge in [-0.15, -0.1) is 0 Å². The zero-order valence-corrected chi connectivity index (χ0v) is 14.1. The minimum Gasteiger partial charge on any atom is -0.450 e. The van der Waals surface area contributed by atoms with Crippen molar-refractivity contribution in [2.45, 2.75) is 0 Å². The van der Waals surface area contributed by atoms with E-state index in [-0.39, 0.29) is 113 Å². The summed E-state index contributed by atoms with van der Waals surface area (Å²) in [4.78, 5) is 8.56. The molecule has 0 aromatic carbocycles. The van der Waals surface area contributed by atoms with Crippen molar-refractivity contribution >= 4 is 104 Å². The average molecular weight is 367 g/mol. The Hall–Kier alpha value is 2.41. The van der Waals surface area contributed by atoms with E-state index < -0.39 is 6.16 Å². The van der Waals surface area contributed by atoms with Gasteiger partial charge in [0, 0.05) is 0 Å². The summed E-state index contributed by atoms with van der Waals surface area (Å²) in [5.74, 6) is 0. The Morgan fingerprint density at radius 2 is 1.00 bits per heavy atom. The van der Waals surface area contributed by atoms with E-state index in [1.807, 2.05) is 0 Å². The first-order valence-electron chi connectivity index (χ1n) is 0.651. The molecule has 0 aliphatic rings. The molecule has 5 heteroatoms. The Bertz CT molecular complexity index is 35.5. The molecular formula is C3H8Ba2O3+2. The third-order valence-corrected chi connectivity index (χ3v) is 0. The molecule has 0 aromatic rings. The minimum atomic E-state index is -1.83. The van der Waals surface area contributed by atoms with E-state index in [0.29, 0.717) is 0 Å². The van der Waals surface area contributed by atoms with Crippen LogP contribution in [0.1, 0.15) is 0 Å². The van der Waals surface area contributed by atoms with Crippen LogP contribution in [0, 0.1) is 14.9 Å². The van der Waals surface area contributed by atoms with Gasteiger partial charge in [-0.2, -0.15) is 0 Å². The van der Waals surface area contributed by atoms with Crippen LogP contribution in [0.4, 0.5) is 4.79 Å². The Balaban J connectivity index is -0.00000000750. The topological polar surface area (TPSA) is 57.5 Å². The molecule has 0 aliphatic heterocycles. The molecule has 0 saturated carbocycles. The minimum absolute atomic E-state index is 0. The molecule has 0 spiro atoms. The van der Waals surface area contributed by atoms with Crippen molar-refractivity contribution in [1.29, 1.82) is 0 Å². The summed E-state index contributed by atoms with van der Waals surface area (Å²) in [7, 11) is 0. The van der Waals surface area contributed by atoms with Gasteiger partial charge >= 0.3 is 104 Å². The van der Waals surface area contributed by atoms with E-state index in [2.05, 4.69) is 0 Å². The van der Waals surface area contributed by atoms with Crippen molar-refractivity contribution in [3.8, 4) is 0 Å². The summed E-state index contributed by atoms with van der Waals surface area (Å²) in [6, 6.07) is 0. The van der Waals surface area contributed by atoms with Gasteiger partial charge in [-0.25, -0.2) is 4.79 Å². The third kappa shape index (κ3) is 79.4. The first-order chi connectivity index (χ1) is 1.73. The Kier molecular flexibility index (Phi) is 89.5. The maximum absolute atomic E-state index is 8.56. The van der Waals surface area contributed by atoms with Gasteiger partial charge in [0.15, 0.2) is 0 Å². The molecule has 0 atom stereocenters. The van der Waals surface area contributed by atoms with Crippen LogP contribution in [-0.2, 0) is 0 Å². The Labute approximate surface area is 130 Å². The van der Waals surface area contributed by atoms with Gasteiger partial charge in [0.2, 0.25) is 0 Å². The van der Waals surface area contributed by atoms with Crippen molar-refractivity contribution in [3.05, 3.63) is 14.9 Å². The van der Waals surface area contributed by atoms with Crippen LogP contribution in [-0.4, -0.2) is 114 Å². The molecule has 0 heterocycles. The van der Waals surface area contributed by atoms with Gasteiger partial charge in [-0.1, -0.05) is 0 Å². The van der Waals surface area contributed by atoms with Crippen LogP contribution in [0.3, 0.4) is 0 Å². The predicted molar refractivity (Wildman–Crippen MR) is 35.0 cm³/mol. The molecule has 0 aromatic heterocycles. The maximum Gasteiger partial charge on any atom is 2.00 e. The normalized spacial score (nSPS) is 3.00. The second-order valence-corrected chi connectivity index (χ2v) is 0.283. The largest absolute Gasteiger partial charge is 2.00 e. The second kappa shape index (κ2) is 22.7. The van der Waals surface area contributed by atoms with E-state index in [1.165, 1.54) is 0 Å². The summed E-state index contributed by atoms with van der Waals surface area (Å²) in [6.45, 7) is 0. The zero-order chi connectivity index (χ0) is 3.58. The SMILES string of the molecule is O=C(O)O.[Ba+2].[Ba+2].[CH3-].[CH3-]. The van der Waals surface area contributed by atoms with Crippen molar-refractivity contribution in [3.63, 3.8) is 0 Å². The number of carbonyl (C=O) groups is 1. The zero-order valence-electron chi connectivity index (χ0n) is 5.22. The van der Waals surface area contributed by atoms with Crippen molar-refractivity contribution < 1.29 is 15.0 Å². The quantitative estimate of drug-likeness (QED) is 0.481. The fourth-order valence-electron chi connectivity index (χ4n) is 0. The molecule has 3 nitrogen and oxygen atoms in total. The predicted octanol–water partition coefficient (Wildman–Crippen LogP) is 0.361. The summed E-state index contributed by atoms with van der Waals surface area (Å²) < 4.78 is 0. The van der Waals surface area contributed by atoms with E-state index >= 15 is 0 Å². The van der Waals surface area contributed by atoms with Crippen LogP contribution in [0.2, 0.25) is 0 Å². The molecule has 0 radical (unpaired) electrons. The van der Waals surface area contributed by atoms with Crippen LogP contribution in [0.15, 0.2) is 0 Å². The molecule has 8 heavy (non-hydrogen) atoms. The molecule has 0 unspecified atom stereocenters. The fraction of sp³-hybridized carbons (Fsp3) is 0. The van der Waals surface area contributed by atoms with E-state index in [0.717, 1.165) is 0 Å². The van der Waals surface area contributed by atoms with Crippen molar-refractivity contribution in [1.82, 2.24) is 0 Å². The van der Waals surface area contributed by atoms with Gasteiger partial charge in [-0.3, -0.25) is 0 Å². The summed E-state index contributed by atoms with van der Waals surface area (Å²) in [5, 5.41) is 13.9. The van der Waals surface area contributed by atoms with Gasteiger partial charge in [0.05, 0.1) is 0 Å². The maximum atomic E-state index is 8.56. The molecule has 0 bridgehead atoms. The molecule has 40 valence electrons. The smallest absolute Gasteiger partial charge is 0.450 e. The van der Waals surface area contributed by atoms with Gasteiger partial charge in [0.1, 0.15) is 0 Å². The van der Waals surface area contributed by atoms with Crippen LogP contribution in [0.25, 0.3) is 0 Å². The molecular weight excluding hydrogens is 359 g/mol. The molecule has 0 aliphatic carbocycles. The third-order valence-electron chi connectivity index (χ3n) is 0. The Morgan fingerprint density at radius 1 is 1.00 bits per heavy atom. The van der Waals surface area contributed by atoms with Gasteiger partial charge in [0.25, 0.3) is 0 Å². The van der Waals surface area contributed by atoms with Crippen LogP contribution >= 0.6 is 0 Å². The summed E-state index contributed by atoms with van der Waals surface area (Å²) >= 11 is 0. The number of rotatable bonds is 0. The molecule has 0 fully saturated rings. The standard InChI is InChI=1S/CH2O3.2CH3.2Ba/c2-1(3)4;;;;/h(H2,2,3,4);2*1H3;;/q;2*-1;2*+2. The van der Waals surface area contributed by atoms with Gasteiger partial charge < -0.3 is 25.1 Å².